The van der Waals surface area contributed by atoms with Crippen molar-refractivity contribution in [1.29, 1.82) is 0 Å². The molecule has 3 rings (SSSR count). The van der Waals surface area contributed by atoms with Crippen LogP contribution in [0.1, 0.15) is 30.5 Å². The number of piperidine rings is 1. The molecule has 0 bridgehead atoms. The number of aryl methyl sites for hydroxylation is 1. The van der Waals surface area contributed by atoms with E-state index in [9.17, 15) is 0 Å². The van der Waals surface area contributed by atoms with E-state index in [1.54, 1.807) is 0 Å². The smallest absolute Gasteiger partial charge is 0.173 e. The number of benzene rings is 1. The molecule has 0 saturated carbocycles. The van der Waals surface area contributed by atoms with Gasteiger partial charge in [0, 0.05) is 37.3 Å². The summed E-state index contributed by atoms with van der Waals surface area (Å²) in [5, 5.41) is 5.63. The highest BCUT2D eigenvalue weighted by Gasteiger charge is 2.20. The van der Waals surface area contributed by atoms with Gasteiger partial charge in [-0.3, -0.25) is 0 Å². The first-order valence-electron chi connectivity index (χ1n) is 9.36. The van der Waals surface area contributed by atoms with Gasteiger partial charge in [-0.15, -0.1) is 0 Å². The minimum Gasteiger partial charge on any atom is -0.377 e. The lowest BCUT2D eigenvalue weighted by molar-refractivity contribution is 0.212. The maximum Gasteiger partial charge on any atom is 0.173 e. The molecule has 1 aliphatic rings. The van der Waals surface area contributed by atoms with Gasteiger partial charge in [0.25, 0.3) is 0 Å². The van der Waals surface area contributed by atoms with E-state index >= 15 is 0 Å². The number of hydrogen-bond acceptors (Lipinski definition) is 5. The normalized spacial score (nSPS) is 16.9. The van der Waals surface area contributed by atoms with E-state index < -0.39 is 0 Å². The summed E-state index contributed by atoms with van der Waals surface area (Å²) in [7, 11) is 10.6. The second-order valence-corrected chi connectivity index (χ2v) is 7.99. The molecule has 0 spiro atoms. The molecule has 2 heterocycles. The zero-order valence-electron chi connectivity index (χ0n) is 16.4. The Morgan fingerprint density at radius 2 is 1.88 bits per heavy atom. The molecular weight excluding hydrogens is 312 g/mol. The summed E-state index contributed by atoms with van der Waals surface area (Å²) in [5.41, 5.74) is 4.52. The Labute approximate surface area is 151 Å². The third-order valence-corrected chi connectivity index (χ3v) is 5.38. The molecule has 0 amide bonds. The molecule has 1 aromatic heterocycles. The van der Waals surface area contributed by atoms with Gasteiger partial charge in [0.15, 0.2) is 5.58 Å². The van der Waals surface area contributed by atoms with Crippen LogP contribution in [0.4, 0.5) is 5.69 Å². The number of aromatic nitrogens is 1. The monoisotopic (exact) mass is 344 g/mol. The lowest BCUT2D eigenvalue weighted by Crippen LogP contribution is -2.30. The first-order chi connectivity index (χ1) is 12.0. The standard InChI is InChI=1S/C20H32N4O/c1-22(2)14-17-19(23(3)4)9-7-16-18(21-25-20(16)17)8-6-15-10-12-24(5)13-11-15/h7,9,15H,6,8,10-14H2,1-5H3. The number of nitrogens with zero attached hydrogens (tertiary/aromatic N) is 4. The third kappa shape index (κ3) is 4.15. The van der Waals surface area contributed by atoms with Crippen LogP contribution >= 0.6 is 0 Å². The third-order valence-electron chi connectivity index (χ3n) is 5.38. The summed E-state index contributed by atoms with van der Waals surface area (Å²) in [4.78, 5) is 6.76. The molecule has 138 valence electrons. The molecule has 5 heteroatoms. The van der Waals surface area contributed by atoms with Crippen LogP contribution in [0.5, 0.6) is 0 Å². The first-order valence-corrected chi connectivity index (χ1v) is 9.36. The second-order valence-electron chi connectivity index (χ2n) is 7.99. The summed E-state index contributed by atoms with van der Waals surface area (Å²) in [6.07, 6.45) is 4.85. The Balaban J connectivity index is 1.81. The van der Waals surface area contributed by atoms with Crippen molar-refractivity contribution in [3.8, 4) is 0 Å². The second kappa shape index (κ2) is 7.75. The van der Waals surface area contributed by atoms with E-state index in [1.165, 1.54) is 49.0 Å². The van der Waals surface area contributed by atoms with E-state index in [2.05, 4.69) is 67.2 Å². The maximum absolute atomic E-state index is 5.82. The Kier molecular flexibility index (Phi) is 5.64. The van der Waals surface area contributed by atoms with Gasteiger partial charge < -0.3 is 19.2 Å². The van der Waals surface area contributed by atoms with Gasteiger partial charge in [-0.05, 0) is 78.0 Å². The SMILES string of the molecule is CN(C)Cc1c(N(C)C)ccc2c(CCC3CCN(C)CC3)noc12. The maximum atomic E-state index is 5.82. The summed E-state index contributed by atoms with van der Waals surface area (Å²) < 4.78 is 5.82. The van der Waals surface area contributed by atoms with Crippen LogP contribution in [0.25, 0.3) is 11.0 Å². The molecule has 1 aromatic carbocycles. The van der Waals surface area contributed by atoms with E-state index in [0.717, 1.165) is 30.2 Å². The molecule has 25 heavy (non-hydrogen) atoms. The Hall–Kier alpha value is -1.59. The molecule has 1 aliphatic heterocycles. The van der Waals surface area contributed by atoms with Gasteiger partial charge >= 0.3 is 0 Å². The van der Waals surface area contributed by atoms with Crippen LogP contribution in [0.15, 0.2) is 16.7 Å². The van der Waals surface area contributed by atoms with Crippen molar-refractivity contribution in [1.82, 2.24) is 15.0 Å². The molecule has 0 radical (unpaired) electrons. The minimum atomic E-state index is 0.824. The van der Waals surface area contributed by atoms with Gasteiger partial charge in [-0.1, -0.05) is 5.16 Å². The molecule has 5 nitrogen and oxygen atoms in total. The quantitative estimate of drug-likeness (QED) is 0.804. The molecule has 1 saturated heterocycles. The molecular formula is C20H32N4O. The summed E-state index contributed by atoms with van der Waals surface area (Å²) >= 11 is 0. The zero-order chi connectivity index (χ0) is 18.0. The summed E-state index contributed by atoms with van der Waals surface area (Å²) in [6, 6.07) is 4.39. The van der Waals surface area contributed by atoms with Crippen LogP contribution < -0.4 is 4.90 Å². The van der Waals surface area contributed by atoms with Crippen molar-refractivity contribution in [2.45, 2.75) is 32.2 Å². The average Bonchev–Trinajstić information content (AvgIpc) is 2.97. The Morgan fingerprint density at radius 1 is 1.16 bits per heavy atom. The van der Waals surface area contributed by atoms with Crippen LogP contribution in [0.2, 0.25) is 0 Å². The lowest BCUT2D eigenvalue weighted by Gasteiger charge is -2.28. The number of rotatable bonds is 6. The van der Waals surface area contributed by atoms with E-state index in [0.29, 0.717) is 0 Å². The van der Waals surface area contributed by atoms with Crippen molar-refractivity contribution < 1.29 is 4.52 Å². The lowest BCUT2D eigenvalue weighted by atomic mass is 9.91. The van der Waals surface area contributed by atoms with Crippen molar-refractivity contribution >= 4 is 16.7 Å². The van der Waals surface area contributed by atoms with Gasteiger partial charge in [-0.25, -0.2) is 0 Å². The fourth-order valence-electron chi connectivity index (χ4n) is 3.86. The van der Waals surface area contributed by atoms with E-state index in [-0.39, 0.29) is 0 Å². The summed E-state index contributed by atoms with van der Waals surface area (Å²) in [6.45, 7) is 3.31. The molecule has 0 aliphatic carbocycles. The molecule has 2 aromatic rings. The van der Waals surface area contributed by atoms with Crippen molar-refractivity contribution in [3.63, 3.8) is 0 Å². The number of likely N-dealkylation sites (tertiary alicyclic amines) is 1. The summed E-state index contributed by atoms with van der Waals surface area (Å²) in [5.74, 6) is 0.824. The Bertz CT molecular complexity index is 699. The molecule has 0 unspecified atom stereocenters. The predicted octanol–water partition coefficient (Wildman–Crippen LogP) is 3.23. The van der Waals surface area contributed by atoms with Crippen molar-refractivity contribution in [2.75, 3.05) is 53.2 Å². The van der Waals surface area contributed by atoms with E-state index in [4.69, 9.17) is 4.52 Å². The number of fused-ring (bicyclic) bond motifs is 1. The average molecular weight is 345 g/mol. The highest BCUT2D eigenvalue weighted by atomic mass is 16.5. The number of hydrogen-bond donors (Lipinski definition) is 0. The molecule has 1 fully saturated rings. The van der Waals surface area contributed by atoms with Gasteiger partial charge in [0.05, 0.1) is 5.69 Å². The highest BCUT2D eigenvalue weighted by Crippen LogP contribution is 2.32. The predicted molar refractivity (Wildman–Crippen MR) is 104 cm³/mol. The number of anilines is 1. The molecule has 0 atom stereocenters. The van der Waals surface area contributed by atoms with Gasteiger partial charge in [0.2, 0.25) is 0 Å². The van der Waals surface area contributed by atoms with Gasteiger partial charge in [-0.2, -0.15) is 0 Å². The van der Waals surface area contributed by atoms with Crippen molar-refractivity contribution in [2.24, 2.45) is 5.92 Å². The van der Waals surface area contributed by atoms with Crippen molar-refractivity contribution in [3.05, 3.63) is 23.4 Å². The van der Waals surface area contributed by atoms with Gasteiger partial charge in [0.1, 0.15) is 0 Å². The van der Waals surface area contributed by atoms with Crippen LogP contribution in [-0.4, -0.2) is 63.3 Å². The minimum absolute atomic E-state index is 0.824. The fraction of sp³-hybridized carbons (Fsp3) is 0.650. The highest BCUT2D eigenvalue weighted by molar-refractivity contribution is 5.87. The van der Waals surface area contributed by atoms with Crippen LogP contribution in [0, 0.1) is 5.92 Å². The fourth-order valence-corrected chi connectivity index (χ4v) is 3.86. The van der Waals surface area contributed by atoms with Crippen LogP contribution in [0.3, 0.4) is 0 Å². The van der Waals surface area contributed by atoms with E-state index in [1.807, 2.05) is 0 Å². The largest absolute Gasteiger partial charge is 0.377 e. The molecule has 0 N–H and O–H groups in total. The first kappa shape index (κ1) is 18.2. The zero-order valence-corrected chi connectivity index (χ0v) is 16.4. The Morgan fingerprint density at radius 3 is 2.52 bits per heavy atom. The van der Waals surface area contributed by atoms with Crippen LogP contribution in [-0.2, 0) is 13.0 Å². The topological polar surface area (TPSA) is 35.8 Å².